The fourth-order valence-electron chi connectivity index (χ4n) is 3.46. The molecule has 0 saturated carbocycles. The molecule has 3 rings (SSSR count). The number of para-hydroxylation sites is 2. The van der Waals surface area contributed by atoms with E-state index in [0.29, 0.717) is 12.3 Å². The van der Waals surface area contributed by atoms with Crippen LogP contribution in [-0.4, -0.2) is 37.2 Å². The molecule has 0 atom stereocenters. The molecular formula is C22H25N4O2S+. The van der Waals surface area contributed by atoms with E-state index in [4.69, 9.17) is 5.26 Å². The number of thioether (sulfide) groups is 1. The van der Waals surface area contributed by atoms with Gasteiger partial charge in [0.15, 0.2) is 6.54 Å². The Morgan fingerprint density at radius 2 is 1.72 bits per heavy atom. The van der Waals surface area contributed by atoms with Crippen LogP contribution in [0.3, 0.4) is 0 Å². The summed E-state index contributed by atoms with van der Waals surface area (Å²) in [5.74, 6) is 0.349. The highest BCUT2D eigenvalue weighted by Gasteiger charge is 2.28. The Hall–Kier alpha value is -2.82. The van der Waals surface area contributed by atoms with Crippen LogP contribution in [-0.2, 0) is 9.59 Å². The zero-order valence-electron chi connectivity index (χ0n) is 16.2. The smallest absolute Gasteiger partial charge is 0.279 e. The summed E-state index contributed by atoms with van der Waals surface area (Å²) in [4.78, 5) is 27.0. The number of benzene rings is 2. The molecular weight excluding hydrogens is 384 g/mol. The molecule has 0 unspecified atom stereocenters. The standard InChI is InChI=1S/C22H24N4O2S/c23-12-15-29-20-9-5-4-8-19(20)25-21(27)16-26-13-10-17(11-14-26)22(28)24-18-6-2-1-3-7-18/h1-9,17H,10-11,13-16H2,(H,24,28)(H,25,27)/p+1. The maximum atomic E-state index is 12.5. The zero-order chi connectivity index (χ0) is 20.5. The Kier molecular flexibility index (Phi) is 7.68. The van der Waals surface area contributed by atoms with E-state index in [-0.39, 0.29) is 17.7 Å². The molecule has 2 amide bonds. The van der Waals surface area contributed by atoms with Gasteiger partial charge in [0.25, 0.3) is 5.91 Å². The molecule has 1 heterocycles. The highest BCUT2D eigenvalue weighted by atomic mass is 32.2. The molecule has 2 aromatic rings. The van der Waals surface area contributed by atoms with Crippen LogP contribution in [0.5, 0.6) is 0 Å². The zero-order valence-corrected chi connectivity index (χ0v) is 17.0. The average molecular weight is 410 g/mol. The van der Waals surface area contributed by atoms with Crippen LogP contribution < -0.4 is 15.5 Å². The SMILES string of the molecule is N#CCSc1ccccc1NC(=O)C[NH+]1CCC(C(=O)Nc2ccccc2)CC1. The first kappa shape index (κ1) is 20.9. The van der Waals surface area contributed by atoms with E-state index < -0.39 is 0 Å². The number of carbonyl (C=O) groups is 2. The van der Waals surface area contributed by atoms with Gasteiger partial charge in [-0.25, -0.2) is 0 Å². The van der Waals surface area contributed by atoms with Crippen molar-refractivity contribution in [1.29, 1.82) is 5.26 Å². The molecule has 0 aromatic heterocycles. The van der Waals surface area contributed by atoms with E-state index in [1.54, 1.807) is 0 Å². The number of rotatable bonds is 7. The first-order valence-electron chi connectivity index (χ1n) is 9.74. The predicted molar refractivity (Wildman–Crippen MR) is 115 cm³/mol. The van der Waals surface area contributed by atoms with Gasteiger partial charge in [0.1, 0.15) is 0 Å². The molecule has 1 fully saturated rings. The van der Waals surface area contributed by atoms with Gasteiger partial charge in [-0.1, -0.05) is 30.3 Å². The summed E-state index contributed by atoms with van der Waals surface area (Å²) in [7, 11) is 0. The lowest BCUT2D eigenvalue weighted by atomic mass is 9.96. The number of carbonyl (C=O) groups excluding carboxylic acids is 2. The van der Waals surface area contributed by atoms with Crippen molar-refractivity contribution in [2.75, 3.05) is 36.0 Å². The first-order valence-corrected chi connectivity index (χ1v) is 10.7. The number of hydrogen-bond acceptors (Lipinski definition) is 4. The van der Waals surface area contributed by atoms with Gasteiger partial charge < -0.3 is 15.5 Å². The molecule has 29 heavy (non-hydrogen) atoms. The van der Waals surface area contributed by atoms with E-state index in [9.17, 15) is 9.59 Å². The molecule has 1 saturated heterocycles. The third-order valence-corrected chi connectivity index (χ3v) is 5.91. The number of quaternary nitrogens is 1. The van der Waals surface area contributed by atoms with Crippen molar-refractivity contribution in [3.8, 4) is 6.07 Å². The number of likely N-dealkylation sites (tertiary alicyclic amines) is 1. The van der Waals surface area contributed by atoms with Gasteiger partial charge in [-0.05, 0) is 24.3 Å². The number of nitriles is 1. The molecule has 1 aliphatic heterocycles. The molecule has 0 radical (unpaired) electrons. The van der Waals surface area contributed by atoms with Crippen molar-refractivity contribution in [3.63, 3.8) is 0 Å². The van der Waals surface area contributed by atoms with E-state index in [1.807, 2.05) is 54.6 Å². The van der Waals surface area contributed by atoms with Crippen molar-refractivity contribution in [2.45, 2.75) is 17.7 Å². The molecule has 0 spiro atoms. The maximum absolute atomic E-state index is 12.5. The molecule has 150 valence electrons. The Bertz CT molecular complexity index is 874. The Labute approximate surface area is 175 Å². The van der Waals surface area contributed by atoms with Crippen LogP contribution in [0.1, 0.15) is 12.8 Å². The number of anilines is 2. The van der Waals surface area contributed by atoms with Gasteiger partial charge in [0.2, 0.25) is 5.91 Å². The molecule has 0 bridgehead atoms. The minimum atomic E-state index is -0.0443. The lowest BCUT2D eigenvalue weighted by Crippen LogP contribution is -3.14. The topological polar surface area (TPSA) is 86.4 Å². The van der Waals surface area contributed by atoms with E-state index in [1.165, 1.54) is 16.7 Å². The Balaban J connectivity index is 1.45. The number of nitrogens with one attached hydrogen (secondary N) is 3. The van der Waals surface area contributed by atoms with Gasteiger partial charge in [-0.3, -0.25) is 9.59 Å². The summed E-state index contributed by atoms with van der Waals surface area (Å²) in [6.07, 6.45) is 1.55. The van der Waals surface area contributed by atoms with Crippen LogP contribution in [0.25, 0.3) is 0 Å². The van der Waals surface area contributed by atoms with Gasteiger partial charge in [0.05, 0.1) is 30.6 Å². The van der Waals surface area contributed by atoms with Gasteiger partial charge >= 0.3 is 0 Å². The molecule has 0 aliphatic carbocycles. The third-order valence-electron chi connectivity index (χ3n) is 4.97. The number of hydrogen-bond donors (Lipinski definition) is 3. The molecule has 3 N–H and O–H groups in total. The van der Waals surface area contributed by atoms with Crippen molar-refractivity contribution in [2.24, 2.45) is 5.92 Å². The van der Waals surface area contributed by atoms with Crippen LogP contribution in [0.2, 0.25) is 0 Å². The molecule has 6 nitrogen and oxygen atoms in total. The van der Waals surface area contributed by atoms with Crippen molar-refractivity contribution in [3.05, 3.63) is 54.6 Å². The monoisotopic (exact) mass is 409 g/mol. The maximum Gasteiger partial charge on any atom is 0.279 e. The summed E-state index contributed by atoms with van der Waals surface area (Å²) in [5, 5.41) is 14.7. The highest BCUT2D eigenvalue weighted by molar-refractivity contribution is 7.99. The fraction of sp³-hybridized carbons (Fsp3) is 0.318. The Morgan fingerprint density at radius 3 is 2.45 bits per heavy atom. The normalized spacial score (nSPS) is 18.4. The summed E-state index contributed by atoms with van der Waals surface area (Å²) in [6.45, 7) is 1.97. The van der Waals surface area contributed by atoms with Crippen molar-refractivity contribution >= 4 is 35.0 Å². The van der Waals surface area contributed by atoms with Crippen LogP contribution >= 0.6 is 11.8 Å². The first-order chi connectivity index (χ1) is 14.2. The van der Waals surface area contributed by atoms with Gasteiger partial charge in [0, 0.05) is 29.3 Å². The van der Waals surface area contributed by atoms with Gasteiger partial charge in [-0.2, -0.15) is 5.26 Å². The number of piperidine rings is 1. The number of amides is 2. The Morgan fingerprint density at radius 1 is 1.03 bits per heavy atom. The largest absolute Gasteiger partial charge is 0.327 e. The second-order valence-electron chi connectivity index (χ2n) is 7.05. The fourth-order valence-corrected chi connectivity index (χ4v) is 4.13. The molecule has 2 aromatic carbocycles. The third kappa shape index (κ3) is 6.34. The predicted octanol–water partition coefficient (Wildman–Crippen LogP) is 2.17. The lowest BCUT2D eigenvalue weighted by Gasteiger charge is -2.28. The second-order valence-corrected chi connectivity index (χ2v) is 8.06. The van der Waals surface area contributed by atoms with Crippen LogP contribution in [0, 0.1) is 17.2 Å². The quantitative estimate of drug-likeness (QED) is 0.612. The van der Waals surface area contributed by atoms with E-state index >= 15 is 0 Å². The average Bonchev–Trinajstić information content (AvgIpc) is 2.74. The van der Waals surface area contributed by atoms with Crippen molar-refractivity contribution in [1.82, 2.24) is 0 Å². The summed E-state index contributed by atoms with van der Waals surface area (Å²) < 4.78 is 0. The summed E-state index contributed by atoms with van der Waals surface area (Å²) in [5.41, 5.74) is 1.56. The summed E-state index contributed by atoms with van der Waals surface area (Å²) >= 11 is 1.41. The van der Waals surface area contributed by atoms with E-state index in [0.717, 1.165) is 42.2 Å². The lowest BCUT2D eigenvalue weighted by molar-refractivity contribution is -0.897. The number of nitrogens with zero attached hydrogens (tertiary/aromatic N) is 1. The van der Waals surface area contributed by atoms with Crippen molar-refractivity contribution < 1.29 is 14.5 Å². The van der Waals surface area contributed by atoms with Crippen LogP contribution in [0.4, 0.5) is 11.4 Å². The van der Waals surface area contributed by atoms with Crippen LogP contribution in [0.15, 0.2) is 59.5 Å². The molecule has 1 aliphatic rings. The highest BCUT2D eigenvalue weighted by Crippen LogP contribution is 2.26. The summed E-state index contributed by atoms with van der Waals surface area (Å²) in [6, 6.07) is 19.1. The van der Waals surface area contributed by atoms with Gasteiger partial charge in [-0.15, -0.1) is 11.8 Å². The minimum absolute atomic E-state index is 0.00914. The second kappa shape index (κ2) is 10.6. The minimum Gasteiger partial charge on any atom is -0.327 e. The van der Waals surface area contributed by atoms with E-state index in [2.05, 4.69) is 16.7 Å². The molecule has 7 heteroatoms.